The third-order valence-corrected chi connectivity index (χ3v) is 3.33. The van der Waals surface area contributed by atoms with E-state index in [1.165, 1.54) is 0 Å². The molecule has 2 unspecified atom stereocenters. The monoisotopic (exact) mass is 166 g/mol. The summed E-state index contributed by atoms with van der Waals surface area (Å²) in [6.45, 7) is 1.63. The molecule has 0 spiro atoms. The first-order chi connectivity index (χ1) is 5.61. The van der Waals surface area contributed by atoms with Gasteiger partial charge in [0.25, 0.3) is 0 Å². The van der Waals surface area contributed by atoms with Crippen LogP contribution in [-0.4, -0.2) is 11.6 Å². The molecule has 2 rings (SSSR count). The largest absolute Gasteiger partial charge is 0.300 e. The summed E-state index contributed by atoms with van der Waals surface area (Å²) in [5.41, 5.74) is 0.105. The maximum atomic E-state index is 11.3. The molecule has 2 fully saturated rings. The highest BCUT2D eigenvalue weighted by Gasteiger charge is 2.50. The number of hydrogen-bond acceptors (Lipinski definition) is 2. The van der Waals surface area contributed by atoms with Crippen molar-refractivity contribution in [3.63, 3.8) is 0 Å². The number of hydrogen-bond donors (Lipinski definition) is 0. The second kappa shape index (κ2) is 2.41. The van der Waals surface area contributed by atoms with E-state index < -0.39 is 0 Å². The highest BCUT2D eigenvalue weighted by Crippen LogP contribution is 2.54. The van der Waals surface area contributed by atoms with E-state index in [0.717, 1.165) is 19.3 Å². The lowest BCUT2D eigenvalue weighted by atomic mass is 9.80. The molecule has 12 heavy (non-hydrogen) atoms. The maximum Gasteiger partial charge on any atom is 0.136 e. The normalized spacial score (nSPS) is 39.1. The van der Waals surface area contributed by atoms with Crippen LogP contribution in [0.5, 0.6) is 0 Å². The van der Waals surface area contributed by atoms with Crippen molar-refractivity contribution in [1.29, 1.82) is 0 Å². The van der Waals surface area contributed by atoms with Crippen molar-refractivity contribution in [2.45, 2.75) is 39.0 Å². The third kappa shape index (κ3) is 1.10. The zero-order valence-electron chi connectivity index (χ0n) is 7.43. The summed E-state index contributed by atoms with van der Waals surface area (Å²) in [5, 5.41) is 0. The minimum atomic E-state index is 0.105. The fourth-order valence-electron chi connectivity index (χ4n) is 2.91. The topological polar surface area (TPSA) is 34.1 Å². The van der Waals surface area contributed by atoms with Gasteiger partial charge in [-0.3, -0.25) is 4.79 Å². The van der Waals surface area contributed by atoms with Crippen molar-refractivity contribution in [1.82, 2.24) is 0 Å². The zero-order chi connectivity index (χ0) is 8.77. The maximum absolute atomic E-state index is 11.3. The van der Waals surface area contributed by atoms with E-state index in [2.05, 4.69) is 0 Å². The summed E-state index contributed by atoms with van der Waals surface area (Å²) in [6, 6.07) is 0. The van der Waals surface area contributed by atoms with E-state index in [9.17, 15) is 9.59 Å². The molecule has 0 aromatic rings. The molecule has 2 heteroatoms. The molecule has 2 aliphatic carbocycles. The van der Waals surface area contributed by atoms with Gasteiger partial charge in [0, 0.05) is 18.8 Å². The van der Waals surface area contributed by atoms with Crippen LogP contribution in [0.1, 0.15) is 39.0 Å². The average molecular weight is 166 g/mol. The first kappa shape index (κ1) is 7.96. The van der Waals surface area contributed by atoms with Crippen molar-refractivity contribution in [3.8, 4) is 0 Å². The van der Waals surface area contributed by atoms with Crippen molar-refractivity contribution in [3.05, 3.63) is 0 Å². The van der Waals surface area contributed by atoms with Gasteiger partial charge in [-0.1, -0.05) is 0 Å². The lowest BCUT2D eigenvalue weighted by molar-refractivity contribution is -0.123. The van der Waals surface area contributed by atoms with Gasteiger partial charge in [-0.25, -0.2) is 0 Å². The lowest BCUT2D eigenvalue weighted by Crippen LogP contribution is -2.20. The van der Waals surface area contributed by atoms with Crippen LogP contribution >= 0.6 is 0 Å². The minimum absolute atomic E-state index is 0.105. The lowest BCUT2D eigenvalue weighted by Gasteiger charge is -2.23. The number of carbonyl (C=O) groups is 2. The predicted octanol–water partition coefficient (Wildman–Crippen LogP) is 1.72. The molecule has 0 amide bonds. The number of fused-ring (bicyclic) bond motifs is 2. The molecule has 0 radical (unpaired) electrons. The Balaban J connectivity index is 2.13. The number of ketones is 2. The van der Waals surface area contributed by atoms with Gasteiger partial charge in [0.1, 0.15) is 11.6 Å². The fraction of sp³-hybridized carbons (Fsp3) is 0.800. The smallest absolute Gasteiger partial charge is 0.136 e. The molecular weight excluding hydrogens is 152 g/mol. The van der Waals surface area contributed by atoms with Crippen molar-refractivity contribution < 1.29 is 9.59 Å². The van der Waals surface area contributed by atoms with Crippen molar-refractivity contribution in [2.75, 3.05) is 0 Å². The van der Waals surface area contributed by atoms with E-state index >= 15 is 0 Å². The number of Topliss-reactive ketones (excluding diaryl/α,β-unsaturated/α-hetero) is 2. The SMILES string of the molecule is CC(=O)CC12CCC(C1)C(=O)C2. The van der Waals surface area contributed by atoms with E-state index in [1.54, 1.807) is 6.92 Å². The van der Waals surface area contributed by atoms with Gasteiger partial charge < -0.3 is 4.79 Å². The number of rotatable bonds is 2. The minimum Gasteiger partial charge on any atom is -0.300 e. The first-order valence-corrected chi connectivity index (χ1v) is 4.63. The molecule has 66 valence electrons. The Labute approximate surface area is 72.3 Å². The third-order valence-electron chi connectivity index (χ3n) is 3.33. The van der Waals surface area contributed by atoms with Gasteiger partial charge in [-0.05, 0) is 31.6 Å². The summed E-state index contributed by atoms with van der Waals surface area (Å²) in [5.74, 6) is 0.956. The standard InChI is InChI=1S/C10H14O2/c1-7(11)4-10-3-2-8(5-10)9(12)6-10/h8H,2-6H2,1H3. The summed E-state index contributed by atoms with van der Waals surface area (Å²) in [4.78, 5) is 22.3. The Kier molecular flexibility index (Phi) is 1.60. The van der Waals surface area contributed by atoms with Crippen molar-refractivity contribution >= 4 is 11.6 Å². The first-order valence-electron chi connectivity index (χ1n) is 4.63. The Morgan fingerprint density at radius 2 is 2.42 bits per heavy atom. The Bertz CT molecular complexity index is 244. The predicted molar refractivity (Wildman–Crippen MR) is 44.7 cm³/mol. The summed E-state index contributed by atoms with van der Waals surface area (Å²) >= 11 is 0. The Morgan fingerprint density at radius 3 is 2.83 bits per heavy atom. The van der Waals surface area contributed by atoms with E-state index in [0.29, 0.717) is 24.5 Å². The Hall–Kier alpha value is -0.660. The molecule has 2 saturated carbocycles. The molecule has 2 aliphatic rings. The molecule has 2 nitrogen and oxygen atoms in total. The molecular formula is C10H14O2. The Morgan fingerprint density at radius 1 is 1.67 bits per heavy atom. The second-order valence-corrected chi connectivity index (χ2v) is 4.46. The van der Waals surface area contributed by atoms with Crippen LogP contribution in [0.15, 0.2) is 0 Å². The molecule has 0 saturated heterocycles. The highest BCUT2D eigenvalue weighted by molar-refractivity contribution is 5.87. The fourth-order valence-corrected chi connectivity index (χ4v) is 2.91. The molecule has 0 N–H and O–H groups in total. The molecule has 0 aromatic carbocycles. The van der Waals surface area contributed by atoms with E-state index in [-0.39, 0.29) is 11.2 Å². The van der Waals surface area contributed by atoms with Crippen LogP contribution < -0.4 is 0 Å². The van der Waals surface area contributed by atoms with Crippen LogP contribution in [0, 0.1) is 11.3 Å². The summed E-state index contributed by atoms with van der Waals surface area (Å²) < 4.78 is 0. The molecule has 0 aliphatic heterocycles. The zero-order valence-corrected chi connectivity index (χ0v) is 7.43. The van der Waals surface area contributed by atoms with Crippen LogP contribution in [-0.2, 0) is 9.59 Å². The van der Waals surface area contributed by atoms with E-state index in [1.807, 2.05) is 0 Å². The van der Waals surface area contributed by atoms with Crippen LogP contribution in [0.4, 0.5) is 0 Å². The van der Waals surface area contributed by atoms with Gasteiger partial charge in [0.2, 0.25) is 0 Å². The van der Waals surface area contributed by atoms with Gasteiger partial charge in [-0.2, -0.15) is 0 Å². The number of carbonyl (C=O) groups excluding carboxylic acids is 2. The van der Waals surface area contributed by atoms with Crippen LogP contribution in [0.2, 0.25) is 0 Å². The molecule has 0 heterocycles. The molecule has 2 atom stereocenters. The second-order valence-electron chi connectivity index (χ2n) is 4.46. The molecule has 0 aromatic heterocycles. The molecule has 2 bridgehead atoms. The van der Waals surface area contributed by atoms with Gasteiger partial charge in [0.15, 0.2) is 0 Å². The van der Waals surface area contributed by atoms with Gasteiger partial charge in [0.05, 0.1) is 0 Å². The van der Waals surface area contributed by atoms with Gasteiger partial charge >= 0.3 is 0 Å². The average Bonchev–Trinajstić information content (AvgIpc) is 2.41. The summed E-state index contributed by atoms with van der Waals surface area (Å²) in [7, 11) is 0. The highest BCUT2D eigenvalue weighted by atomic mass is 16.1. The van der Waals surface area contributed by atoms with Crippen LogP contribution in [0.25, 0.3) is 0 Å². The quantitative estimate of drug-likeness (QED) is 0.626. The van der Waals surface area contributed by atoms with Crippen molar-refractivity contribution in [2.24, 2.45) is 11.3 Å². The summed E-state index contributed by atoms with van der Waals surface area (Å²) in [6.07, 6.45) is 4.44. The van der Waals surface area contributed by atoms with Crippen LogP contribution in [0.3, 0.4) is 0 Å². The van der Waals surface area contributed by atoms with E-state index in [4.69, 9.17) is 0 Å². The van der Waals surface area contributed by atoms with Gasteiger partial charge in [-0.15, -0.1) is 0 Å².